The number of carbonyl (C=O) groups excluding carboxylic acids is 1. The number of rotatable bonds is 5. The lowest BCUT2D eigenvalue weighted by Gasteiger charge is -2.04. The predicted molar refractivity (Wildman–Crippen MR) is 56.4 cm³/mol. The Labute approximate surface area is 89.2 Å². The van der Waals surface area contributed by atoms with Gasteiger partial charge in [-0.05, 0) is 25.5 Å². The molecule has 0 saturated heterocycles. The number of hydrogen-bond acceptors (Lipinski definition) is 4. The van der Waals surface area contributed by atoms with Crippen LogP contribution in [0.2, 0.25) is 0 Å². The van der Waals surface area contributed by atoms with Crippen LogP contribution < -0.4 is 5.73 Å². The highest BCUT2D eigenvalue weighted by molar-refractivity contribution is 5.68. The fourth-order valence-electron chi connectivity index (χ4n) is 1.41. The lowest BCUT2D eigenvalue weighted by Crippen LogP contribution is -2.10. The van der Waals surface area contributed by atoms with Gasteiger partial charge in [-0.1, -0.05) is 0 Å². The van der Waals surface area contributed by atoms with Gasteiger partial charge in [-0.3, -0.25) is 9.48 Å². The van der Waals surface area contributed by atoms with Crippen LogP contribution in [0.1, 0.15) is 17.7 Å². The Morgan fingerprint density at radius 1 is 1.67 bits per heavy atom. The molecule has 5 heteroatoms. The Balaban J connectivity index is 2.58. The number of ether oxygens (including phenoxy) is 1. The van der Waals surface area contributed by atoms with E-state index >= 15 is 0 Å². The summed E-state index contributed by atoms with van der Waals surface area (Å²) in [6.45, 7) is 3.15. The van der Waals surface area contributed by atoms with E-state index in [9.17, 15) is 4.79 Å². The molecule has 0 saturated carbocycles. The van der Waals surface area contributed by atoms with Gasteiger partial charge in [-0.25, -0.2) is 0 Å². The van der Waals surface area contributed by atoms with Gasteiger partial charge in [0, 0.05) is 5.69 Å². The minimum atomic E-state index is -0.217. The van der Waals surface area contributed by atoms with Gasteiger partial charge in [0.25, 0.3) is 0 Å². The number of aryl methyl sites for hydroxylation is 1. The molecule has 1 rings (SSSR count). The van der Waals surface area contributed by atoms with Gasteiger partial charge in [0.2, 0.25) is 0 Å². The van der Waals surface area contributed by atoms with E-state index in [0.29, 0.717) is 19.5 Å². The fourth-order valence-corrected chi connectivity index (χ4v) is 1.41. The summed E-state index contributed by atoms with van der Waals surface area (Å²) in [5.41, 5.74) is 7.69. The summed E-state index contributed by atoms with van der Waals surface area (Å²) in [4.78, 5) is 10.9. The molecule has 0 aromatic carbocycles. The summed E-state index contributed by atoms with van der Waals surface area (Å²) >= 11 is 0. The molecule has 1 aromatic heterocycles. The Hall–Kier alpha value is -1.36. The van der Waals surface area contributed by atoms with Gasteiger partial charge in [0.1, 0.15) is 0 Å². The van der Waals surface area contributed by atoms with Crippen LogP contribution in [0.5, 0.6) is 0 Å². The second-order valence-corrected chi connectivity index (χ2v) is 3.34. The van der Waals surface area contributed by atoms with Crippen LogP contribution in [0.25, 0.3) is 0 Å². The van der Waals surface area contributed by atoms with Crippen LogP contribution in [0.3, 0.4) is 0 Å². The van der Waals surface area contributed by atoms with E-state index in [-0.39, 0.29) is 5.97 Å². The zero-order valence-corrected chi connectivity index (χ0v) is 9.19. The van der Waals surface area contributed by atoms with Crippen LogP contribution >= 0.6 is 0 Å². The highest BCUT2D eigenvalue weighted by atomic mass is 16.5. The maximum absolute atomic E-state index is 10.9. The maximum atomic E-state index is 10.9. The van der Waals surface area contributed by atoms with E-state index in [1.54, 1.807) is 6.20 Å². The summed E-state index contributed by atoms with van der Waals surface area (Å²) < 4.78 is 6.37. The smallest absolute Gasteiger partial charge is 0.307 e. The highest BCUT2D eigenvalue weighted by Crippen LogP contribution is 2.08. The van der Waals surface area contributed by atoms with Crippen LogP contribution in [-0.4, -0.2) is 29.4 Å². The number of esters is 1. The molecule has 2 N–H and O–H groups in total. The molecular formula is C10H17N3O2. The molecule has 0 spiro atoms. The molecule has 15 heavy (non-hydrogen) atoms. The molecule has 0 radical (unpaired) electrons. The third-order valence-electron chi connectivity index (χ3n) is 2.37. The minimum Gasteiger partial charge on any atom is -0.469 e. The molecule has 0 atom stereocenters. The molecule has 1 aromatic rings. The number of nitrogens with zero attached hydrogens (tertiary/aromatic N) is 2. The number of aromatic nitrogens is 2. The molecular weight excluding hydrogens is 194 g/mol. The monoisotopic (exact) mass is 211 g/mol. The summed E-state index contributed by atoms with van der Waals surface area (Å²) in [7, 11) is 1.39. The summed E-state index contributed by atoms with van der Waals surface area (Å²) in [5, 5.41) is 4.19. The average Bonchev–Trinajstić information content (AvgIpc) is 2.58. The van der Waals surface area contributed by atoms with Gasteiger partial charge in [0.05, 0.1) is 26.3 Å². The molecule has 84 valence electrons. The molecule has 5 nitrogen and oxygen atoms in total. The van der Waals surface area contributed by atoms with Gasteiger partial charge in [-0.2, -0.15) is 5.10 Å². The summed E-state index contributed by atoms with van der Waals surface area (Å²) in [6.07, 6.45) is 2.98. The van der Waals surface area contributed by atoms with Crippen LogP contribution in [0, 0.1) is 6.92 Å². The van der Waals surface area contributed by atoms with E-state index < -0.39 is 0 Å². The van der Waals surface area contributed by atoms with Crippen molar-refractivity contribution in [3.05, 3.63) is 17.5 Å². The Morgan fingerprint density at radius 2 is 2.40 bits per heavy atom. The van der Waals surface area contributed by atoms with Crippen molar-refractivity contribution in [3.63, 3.8) is 0 Å². The van der Waals surface area contributed by atoms with Gasteiger partial charge in [0.15, 0.2) is 0 Å². The Kier molecular flexibility index (Phi) is 4.30. The number of carbonyl (C=O) groups is 1. The molecule has 0 unspecified atom stereocenters. The van der Waals surface area contributed by atoms with Gasteiger partial charge < -0.3 is 10.5 Å². The van der Waals surface area contributed by atoms with Crippen LogP contribution in [0.15, 0.2) is 6.20 Å². The molecule has 0 aliphatic heterocycles. The van der Waals surface area contributed by atoms with Crippen molar-refractivity contribution in [2.24, 2.45) is 5.73 Å². The number of nitrogens with two attached hydrogens (primary N) is 1. The van der Waals surface area contributed by atoms with Crippen molar-refractivity contribution in [1.82, 2.24) is 9.78 Å². The SMILES string of the molecule is COC(=O)CCn1ncc(CCN)c1C. The molecule has 0 aliphatic rings. The lowest BCUT2D eigenvalue weighted by molar-refractivity contribution is -0.140. The summed E-state index contributed by atoms with van der Waals surface area (Å²) in [6, 6.07) is 0. The van der Waals surface area contributed by atoms with E-state index in [1.165, 1.54) is 7.11 Å². The van der Waals surface area contributed by atoms with Crippen LogP contribution in [-0.2, 0) is 22.5 Å². The van der Waals surface area contributed by atoms with Crippen LogP contribution in [0.4, 0.5) is 0 Å². The largest absolute Gasteiger partial charge is 0.469 e. The van der Waals surface area contributed by atoms with Crippen molar-refractivity contribution in [3.8, 4) is 0 Å². The van der Waals surface area contributed by atoms with E-state index in [2.05, 4.69) is 9.84 Å². The normalized spacial score (nSPS) is 10.3. The van der Waals surface area contributed by atoms with Crippen molar-refractivity contribution < 1.29 is 9.53 Å². The third kappa shape index (κ3) is 3.06. The first-order valence-corrected chi connectivity index (χ1v) is 4.97. The quantitative estimate of drug-likeness (QED) is 0.709. The van der Waals surface area contributed by atoms with Crippen molar-refractivity contribution in [1.29, 1.82) is 0 Å². The number of methoxy groups -OCH3 is 1. The standard InChI is InChI=1S/C10H17N3O2/c1-8-9(3-5-11)7-12-13(8)6-4-10(14)15-2/h7H,3-6,11H2,1-2H3. The summed E-state index contributed by atoms with van der Waals surface area (Å²) in [5.74, 6) is -0.217. The number of hydrogen-bond donors (Lipinski definition) is 1. The maximum Gasteiger partial charge on any atom is 0.307 e. The first-order chi connectivity index (χ1) is 7.19. The fraction of sp³-hybridized carbons (Fsp3) is 0.600. The van der Waals surface area contributed by atoms with Crippen molar-refractivity contribution >= 4 is 5.97 Å². The first kappa shape index (κ1) is 11.7. The molecule has 1 heterocycles. The van der Waals surface area contributed by atoms with Crippen molar-refractivity contribution in [2.75, 3.05) is 13.7 Å². The second kappa shape index (κ2) is 5.50. The zero-order chi connectivity index (χ0) is 11.3. The zero-order valence-electron chi connectivity index (χ0n) is 9.19. The van der Waals surface area contributed by atoms with Gasteiger partial charge in [-0.15, -0.1) is 0 Å². The first-order valence-electron chi connectivity index (χ1n) is 4.97. The second-order valence-electron chi connectivity index (χ2n) is 3.34. The van der Waals surface area contributed by atoms with Crippen molar-refractivity contribution in [2.45, 2.75) is 26.3 Å². The molecule has 0 fully saturated rings. The Bertz CT molecular complexity index is 333. The minimum absolute atomic E-state index is 0.217. The highest BCUT2D eigenvalue weighted by Gasteiger charge is 2.07. The molecule has 0 aliphatic carbocycles. The van der Waals surface area contributed by atoms with Gasteiger partial charge >= 0.3 is 5.97 Å². The molecule has 0 amide bonds. The Morgan fingerprint density at radius 3 is 3.00 bits per heavy atom. The average molecular weight is 211 g/mol. The topological polar surface area (TPSA) is 70.1 Å². The molecule has 0 bridgehead atoms. The van der Waals surface area contributed by atoms with E-state index in [4.69, 9.17) is 5.73 Å². The lowest BCUT2D eigenvalue weighted by atomic mass is 10.2. The van der Waals surface area contributed by atoms with E-state index in [0.717, 1.165) is 17.7 Å². The van der Waals surface area contributed by atoms with E-state index in [1.807, 2.05) is 11.6 Å². The third-order valence-corrected chi connectivity index (χ3v) is 2.37. The predicted octanol–water partition coefficient (Wildman–Crippen LogP) is 0.256.